The smallest absolute Gasteiger partial charge is 0.330 e. The summed E-state index contributed by atoms with van der Waals surface area (Å²) in [5.74, 6) is -1.72. The Labute approximate surface area is 152 Å². The first kappa shape index (κ1) is 19.2. The van der Waals surface area contributed by atoms with Gasteiger partial charge in [-0.05, 0) is 48.2 Å². The van der Waals surface area contributed by atoms with Crippen molar-refractivity contribution in [2.45, 2.75) is 33.4 Å². The van der Waals surface area contributed by atoms with E-state index in [9.17, 15) is 19.5 Å². The molecule has 0 fully saturated rings. The Morgan fingerprint density at radius 1 is 1.04 bits per heavy atom. The standard InChI is InChI=1S/C20H22N2O4/c1-12-5-4-6-17(13(12)2)18(20(25)26)22-19(24)16-9-7-15(8-10-16)11-21-14(3)23/h4-10,18H,11H2,1-3H3,(H,21,23)(H,22,24)(H,25,26). The second-order valence-corrected chi connectivity index (χ2v) is 6.14. The molecular weight excluding hydrogens is 332 g/mol. The van der Waals surface area contributed by atoms with Crippen LogP contribution in [0.2, 0.25) is 0 Å². The summed E-state index contributed by atoms with van der Waals surface area (Å²) in [7, 11) is 0. The Bertz CT molecular complexity index is 828. The maximum absolute atomic E-state index is 12.5. The third-order valence-electron chi connectivity index (χ3n) is 4.24. The van der Waals surface area contributed by atoms with Crippen LogP contribution in [-0.2, 0) is 16.1 Å². The molecule has 0 radical (unpaired) electrons. The summed E-state index contributed by atoms with van der Waals surface area (Å²) in [6.07, 6.45) is 0. The molecule has 0 saturated carbocycles. The van der Waals surface area contributed by atoms with Crippen LogP contribution >= 0.6 is 0 Å². The van der Waals surface area contributed by atoms with Crippen molar-refractivity contribution in [1.82, 2.24) is 10.6 Å². The summed E-state index contributed by atoms with van der Waals surface area (Å²) in [5.41, 5.74) is 3.57. The molecule has 0 heterocycles. The van der Waals surface area contributed by atoms with Crippen molar-refractivity contribution >= 4 is 17.8 Å². The lowest BCUT2D eigenvalue weighted by Gasteiger charge is -2.18. The average Bonchev–Trinajstić information content (AvgIpc) is 2.60. The van der Waals surface area contributed by atoms with Crippen LogP contribution in [0.15, 0.2) is 42.5 Å². The van der Waals surface area contributed by atoms with Crippen molar-refractivity contribution in [3.05, 3.63) is 70.3 Å². The van der Waals surface area contributed by atoms with Crippen LogP contribution in [0.5, 0.6) is 0 Å². The zero-order chi connectivity index (χ0) is 19.3. The zero-order valence-electron chi connectivity index (χ0n) is 15.0. The highest BCUT2D eigenvalue weighted by molar-refractivity contribution is 5.97. The molecule has 0 bridgehead atoms. The minimum atomic E-state index is -1.12. The molecular formula is C20H22N2O4. The number of aryl methyl sites for hydroxylation is 1. The van der Waals surface area contributed by atoms with E-state index in [2.05, 4.69) is 10.6 Å². The van der Waals surface area contributed by atoms with Gasteiger partial charge in [0.15, 0.2) is 6.04 Å². The van der Waals surface area contributed by atoms with E-state index in [0.717, 1.165) is 16.7 Å². The Morgan fingerprint density at radius 3 is 2.27 bits per heavy atom. The van der Waals surface area contributed by atoms with Gasteiger partial charge in [0.25, 0.3) is 5.91 Å². The number of amides is 2. The molecule has 0 aromatic heterocycles. The van der Waals surface area contributed by atoms with E-state index in [4.69, 9.17) is 0 Å². The van der Waals surface area contributed by atoms with Gasteiger partial charge >= 0.3 is 5.97 Å². The maximum Gasteiger partial charge on any atom is 0.330 e. The van der Waals surface area contributed by atoms with E-state index < -0.39 is 17.9 Å². The van der Waals surface area contributed by atoms with Gasteiger partial charge < -0.3 is 15.7 Å². The van der Waals surface area contributed by atoms with Crippen molar-refractivity contribution < 1.29 is 19.5 Å². The van der Waals surface area contributed by atoms with Gasteiger partial charge in [0.1, 0.15) is 0 Å². The topological polar surface area (TPSA) is 95.5 Å². The summed E-state index contributed by atoms with van der Waals surface area (Å²) in [5, 5.41) is 14.8. The number of nitrogens with one attached hydrogen (secondary N) is 2. The largest absolute Gasteiger partial charge is 0.479 e. The fourth-order valence-corrected chi connectivity index (χ4v) is 2.57. The first-order valence-electron chi connectivity index (χ1n) is 8.22. The molecule has 2 amide bonds. The number of aliphatic carboxylic acids is 1. The van der Waals surface area contributed by atoms with E-state index in [1.54, 1.807) is 36.4 Å². The van der Waals surface area contributed by atoms with Crippen LogP contribution in [0, 0.1) is 13.8 Å². The van der Waals surface area contributed by atoms with Crippen molar-refractivity contribution in [2.75, 3.05) is 0 Å². The Morgan fingerprint density at radius 2 is 1.69 bits per heavy atom. The molecule has 0 spiro atoms. The van der Waals surface area contributed by atoms with Crippen molar-refractivity contribution in [2.24, 2.45) is 0 Å². The fraction of sp³-hybridized carbons (Fsp3) is 0.250. The SMILES string of the molecule is CC(=O)NCc1ccc(C(=O)NC(C(=O)O)c2cccc(C)c2C)cc1. The van der Waals surface area contributed by atoms with Crippen LogP contribution in [0.3, 0.4) is 0 Å². The number of carboxylic acids is 1. The molecule has 6 nitrogen and oxygen atoms in total. The molecule has 1 atom stereocenters. The van der Waals surface area contributed by atoms with Gasteiger partial charge in [-0.2, -0.15) is 0 Å². The Hall–Kier alpha value is -3.15. The molecule has 0 aliphatic heterocycles. The van der Waals surface area contributed by atoms with Gasteiger partial charge in [-0.1, -0.05) is 30.3 Å². The molecule has 2 aromatic carbocycles. The van der Waals surface area contributed by atoms with Gasteiger partial charge in [-0.25, -0.2) is 4.79 Å². The van der Waals surface area contributed by atoms with E-state index in [0.29, 0.717) is 17.7 Å². The molecule has 6 heteroatoms. The Kier molecular flexibility index (Phi) is 6.11. The van der Waals surface area contributed by atoms with Gasteiger partial charge in [0.2, 0.25) is 5.91 Å². The molecule has 1 unspecified atom stereocenters. The van der Waals surface area contributed by atoms with E-state index in [1.165, 1.54) is 6.92 Å². The minimum absolute atomic E-state index is 0.135. The first-order valence-corrected chi connectivity index (χ1v) is 8.22. The number of carbonyl (C=O) groups excluding carboxylic acids is 2. The summed E-state index contributed by atoms with van der Waals surface area (Å²) >= 11 is 0. The molecule has 26 heavy (non-hydrogen) atoms. The third-order valence-corrected chi connectivity index (χ3v) is 4.24. The van der Waals surface area contributed by atoms with Crippen LogP contribution < -0.4 is 10.6 Å². The number of hydrogen-bond acceptors (Lipinski definition) is 3. The first-order chi connectivity index (χ1) is 12.3. The Balaban J connectivity index is 2.16. The highest BCUT2D eigenvalue weighted by Gasteiger charge is 2.24. The maximum atomic E-state index is 12.5. The highest BCUT2D eigenvalue weighted by atomic mass is 16.4. The van der Waals surface area contributed by atoms with Crippen LogP contribution in [0.4, 0.5) is 0 Å². The monoisotopic (exact) mass is 354 g/mol. The van der Waals surface area contributed by atoms with E-state index in [1.807, 2.05) is 19.9 Å². The summed E-state index contributed by atoms with van der Waals surface area (Å²) in [4.78, 5) is 35.1. The summed E-state index contributed by atoms with van der Waals surface area (Å²) in [6.45, 7) is 5.54. The van der Waals surface area contributed by atoms with Crippen LogP contribution in [0.1, 0.15) is 45.6 Å². The van der Waals surface area contributed by atoms with Gasteiger partial charge in [-0.3, -0.25) is 9.59 Å². The molecule has 0 aliphatic rings. The average molecular weight is 354 g/mol. The molecule has 2 aromatic rings. The van der Waals surface area contributed by atoms with Crippen molar-refractivity contribution in [1.29, 1.82) is 0 Å². The second kappa shape index (κ2) is 8.29. The zero-order valence-corrected chi connectivity index (χ0v) is 15.0. The van der Waals surface area contributed by atoms with Crippen molar-refractivity contribution in [3.63, 3.8) is 0 Å². The predicted octanol–water partition coefficient (Wildman–Crippen LogP) is 2.50. The van der Waals surface area contributed by atoms with Crippen molar-refractivity contribution in [3.8, 4) is 0 Å². The molecule has 3 N–H and O–H groups in total. The lowest BCUT2D eigenvalue weighted by molar-refractivity contribution is -0.139. The number of carbonyl (C=O) groups is 3. The molecule has 136 valence electrons. The van der Waals surface area contributed by atoms with Gasteiger partial charge in [-0.15, -0.1) is 0 Å². The minimum Gasteiger partial charge on any atom is -0.479 e. The van der Waals surface area contributed by atoms with Crippen LogP contribution in [0.25, 0.3) is 0 Å². The van der Waals surface area contributed by atoms with E-state index in [-0.39, 0.29) is 5.91 Å². The number of benzene rings is 2. The molecule has 0 saturated heterocycles. The molecule has 2 rings (SSSR count). The number of hydrogen-bond donors (Lipinski definition) is 3. The number of carboxylic acid groups (broad SMARTS) is 1. The summed E-state index contributed by atoms with van der Waals surface area (Å²) in [6, 6.07) is 10.9. The van der Waals surface area contributed by atoms with Gasteiger partial charge in [0, 0.05) is 19.0 Å². The summed E-state index contributed by atoms with van der Waals surface area (Å²) < 4.78 is 0. The van der Waals surface area contributed by atoms with Crippen LogP contribution in [-0.4, -0.2) is 22.9 Å². The lowest BCUT2D eigenvalue weighted by atomic mass is 9.97. The fourth-order valence-electron chi connectivity index (χ4n) is 2.57. The normalized spacial score (nSPS) is 11.5. The lowest BCUT2D eigenvalue weighted by Crippen LogP contribution is -2.34. The van der Waals surface area contributed by atoms with E-state index >= 15 is 0 Å². The third kappa shape index (κ3) is 4.69. The second-order valence-electron chi connectivity index (χ2n) is 6.14. The number of rotatable bonds is 6. The quantitative estimate of drug-likeness (QED) is 0.743. The van der Waals surface area contributed by atoms with Gasteiger partial charge in [0.05, 0.1) is 0 Å². The molecule has 0 aliphatic carbocycles. The predicted molar refractivity (Wildman–Crippen MR) is 97.7 cm³/mol. The highest BCUT2D eigenvalue weighted by Crippen LogP contribution is 2.21.